The van der Waals surface area contributed by atoms with Gasteiger partial charge < -0.3 is 27.8 Å². The van der Waals surface area contributed by atoms with E-state index in [1.165, 1.54) is 34.6 Å². The molecular formula is C48H64O8Si2. The summed E-state index contributed by atoms with van der Waals surface area (Å²) in [5.74, 6) is -0.0957. The molecule has 0 amide bonds. The number of ether oxygens (including phenoxy) is 4. The van der Waals surface area contributed by atoms with Gasteiger partial charge in [-0.25, -0.2) is 0 Å². The molecule has 2 aliphatic heterocycles. The van der Waals surface area contributed by atoms with E-state index in [0.717, 1.165) is 0 Å². The lowest BCUT2D eigenvalue weighted by Gasteiger charge is -2.43. The SMILES string of the molecule is CC(=O)O[C@@H]1C[C@H](C)[C@@H](CO[Si](c2ccccc2)(c2ccccc2)C(C)(C)C)O1.CC(=O)O[C@H]1C[C@H](C)[C@@H](CO[Si](c2ccccc2)(c2ccccc2)C(C)(C)C)O1. The van der Waals surface area contributed by atoms with Gasteiger partial charge in [0, 0.05) is 26.7 Å². The zero-order valence-electron chi connectivity index (χ0n) is 36.1. The zero-order chi connectivity index (χ0) is 42.1. The molecule has 8 nitrogen and oxygen atoms in total. The van der Waals surface area contributed by atoms with Gasteiger partial charge in [-0.15, -0.1) is 0 Å². The fourth-order valence-corrected chi connectivity index (χ4v) is 17.7. The normalized spacial score (nSPS) is 22.4. The number of rotatable bonds is 12. The molecule has 312 valence electrons. The third kappa shape index (κ3) is 10.4. The lowest BCUT2D eigenvalue weighted by Crippen LogP contribution is -2.67. The highest BCUT2D eigenvalue weighted by atomic mass is 28.4. The van der Waals surface area contributed by atoms with Gasteiger partial charge in [-0.05, 0) is 42.7 Å². The van der Waals surface area contributed by atoms with Gasteiger partial charge in [0.05, 0.1) is 25.4 Å². The van der Waals surface area contributed by atoms with Crippen LogP contribution in [0.4, 0.5) is 0 Å². The summed E-state index contributed by atoms with van der Waals surface area (Å²) in [5, 5.41) is 4.85. The van der Waals surface area contributed by atoms with Crippen LogP contribution in [0.25, 0.3) is 0 Å². The lowest BCUT2D eigenvalue weighted by atomic mass is 10.1. The molecule has 2 saturated heterocycles. The molecule has 2 heterocycles. The van der Waals surface area contributed by atoms with Crippen LogP contribution < -0.4 is 20.7 Å². The average Bonchev–Trinajstić information content (AvgIpc) is 3.71. The predicted octanol–water partition coefficient (Wildman–Crippen LogP) is 7.75. The summed E-state index contributed by atoms with van der Waals surface area (Å²) in [6.45, 7) is 21.6. The number of carbonyl (C=O) groups is 2. The summed E-state index contributed by atoms with van der Waals surface area (Å²) >= 11 is 0. The molecule has 0 N–H and O–H groups in total. The van der Waals surface area contributed by atoms with Gasteiger partial charge in [-0.2, -0.15) is 0 Å². The topological polar surface area (TPSA) is 89.5 Å². The summed E-state index contributed by atoms with van der Waals surface area (Å²) in [6, 6.07) is 42.3. The van der Waals surface area contributed by atoms with Crippen molar-refractivity contribution >= 4 is 49.3 Å². The van der Waals surface area contributed by atoms with Crippen molar-refractivity contribution in [2.75, 3.05) is 13.2 Å². The second kappa shape index (κ2) is 19.4. The van der Waals surface area contributed by atoms with Crippen LogP contribution in [0.3, 0.4) is 0 Å². The maximum absolute atomic E-state index is 11.3. The van der Waals surface area contributed by atoms with Crippen LogP contribution in [0.5, 0.6) is 0 Å². The second-order valence-corrected chi connectivity index (χ2v) is 26.4. The summed E-state index contributed by atoms with van der Waals surface area (Å²) in [5.41, 5.74) is 0. The Hall–Kier alpha value is -3.91. The van der Waals surface area contributed by atoms with Crippen LogP contribution in [-0.4, -0.2) is 66.6 Å². The maximum Gasteiger partial charge on any atom is 0.304 e. The van der Waals surface area contributed by atoms with Crippen molar-refractivity contribution < 1.29 is 37.4 Å². The number of carbonyl (C=O) groups excluding carboxylic acids is 2. The van der Waals surface area contributed by atoms with Crippen molar-refractivity contribution in [3.63, 3.8) is 0 Å². The Bertz CT molecular complexity index is 1660. The highest BCUT2D eigenvalue weighted by molar-refractivity contribution is 7.00. The molecule has 10 heteroatoms. The van der Waals surface area contributed by atoms with E-state index < -0.39 is 29.2 Å². The molecule has 0 radical (unpaired) electrons. The van der Waals surface area contributed by atoms with E-state index in [0.29, 0.717) is 26.1 Å². The van der Waals surface area contributed by atoms with Crippen LogP contribution in [0, 0.1) is 11.8 Å². The molecule has 0 bridgehead atoms. The van der Waals surface area contributed by atoms with Gasteiger partial charge in [0.15, 0.2) is 0 Å². The number of hydrogen-bond donors (Lipinski definition) is 0. The fraction of sp³-hybridized carbons (Fsp3) is 0.458. The van der Waals surface area contributed by atoms with E-state index in [1.54, 1.807) is 0 Å². The summed E-state index contributed by atoms with van der Waals surface area (Å²) in [6.07, 6.45) is 0.260. The van der Waals surface area contributed by atoms with E-state index >= 15 is 0 Å². The van der Waals surface area contributed by atoms with Crippen molar-refractivity contribution in [2.24, 2.45) is 11.8 Å². The zero-order valence-corrected chi connectivity index (χ0v) is 38.1. The second-order valence-electron chi connectivity index (χ2n) is 17.8. The van der Waals surface area contributed by atoms with Crippen LogP contribution in [0.2, 0.25) is 10.1 Å². The minimum absolute atomic E-state index is 0.0766. The molecule has 0 aliphatic carbocycles. The van der Waals surface area contributed by atoms with Crippen molar-refractivity contribution in [3.05, 3.63) is 121 Å². The van der Waals surface area contributed by atoms with E-state index in [9.17, 15) is 9.59 Å². The summed E-state index contributed by atoms with van der Waals surface area (Å²) in [7, 11) is -5.18. The largest absolute Gasteiger partial charge is 0.436 e. The first-order valence-corrected chi connectivity index (χ1v) is 24.4. The Kier molecular flexibility index (Phi) is 15.1. The fourth-order valence-electron chi connectivity index (χ4n) is 8.55. The quantitative estimate of drug-likeness (QED) is 0.106. The molecule has 0 saturated carbocycles. The molecule has 6 rings (SSSR count). The molecule has 6 atom stereocenters. The third-order valence-corrected chi connectivity index (χ3v) is 21.4. The van der Waals surface area contributed by atoms with E-state index in [2.05, 4.69) is 152 Å². The van der Waals surface area contributed by atoms with Gasteiger partial charge in [0.1, 0.15) is 0 Å². The Balaban J connectivity index is 0.000000221. The highest BCUT2D eigenvalue weighted by Gasteiger charge is 2.52. The van der Waals surface area contributed by atoms with E-state index in [4.69, 9.17) is 27.8 Å². The highest BCUT2D eigenvalue weighted by Crippen LogP contribution is 2.39. The van der Waals surface area contributed by atoms with E-state index in [-0.39, 0.29) is 46.1 Å². The Morgan fingerprint density at radius 3 is 1.00 bits per heavy atom. The Morgan fingerprint density at radius 1 is 0.517 bits per heavy atom. The van der Waals surface area contributed by atoms with Gasteiger partial charge in [0.25, 0.3) is 16.6 Å². The number of hydrogen-bond acceptors (Lipinski definition) is 8. The number of esters is 2. The molecule has 4 aromatic carbocycles. The standard InChI is InChI=1S/2C24H32O4Si/c2*1-18-16-23(27-19(2)25)28-22(18)17-26-29(24(3,4)5,20-12-8-6-9-13-20)21-14-10-7-11-15-21/h2*6-15,18,22-23H,16-17H2,1-5H3/t18-,22+,23+;18-,22+,23-/m00/s1. The van der Waals surface area contributed by atoms with Crippen molar-refractivity contribution in [1.29, 1.82) is 0 Å². The minimum atomic E-state index is -2.59. The molecule has 0 aromatic heterocycles. The maximum atomic E-state index is 11.3. The Morgan fingerprint density at radius 2 is 0.776 bits per heavy atom. The van der Waals surface area contributed by atoms with Crippen molar-refractivity contribution in [1.82, 2.24) is 0 Å². The van der Waals surface area contributed by atoms with Crippen LogP contribution in [-0.2, 0) is 37.4 Å². The smallest absolute Gasteiger partial charge is 0.304 e. The molecule has 0 unspecified atom stereocenters. The molecular weight excluding hydrogens is 761 g/mol. The van der Waals surface area contributed by atoms with Crippen LogP contribution in [0.15, 0.2) is 121 Å². The molecule has 0 spiro atoms. The van der Waals surface area contributed by atoms with Gasteiger partial charge >= 0.3 is 11.9 Å². The predicted molar refractivity (Wildman–Crippen MR) is 236 cm³/mol. The van der Waals surface area contributed by atoms with Crippen molar-refractivity contribution in [3.8, 4) is 0 Å². The third-order valence-electron chi connectivity index (χ3n) is 11.4. The van der Waals surface area contributed by atoms with Gasteiger partial charge in [0.2, 0.25) is 12.6 Å². The van der Waals surface area contributed by atoms with Crippen LogP contribution in [0.1, 0.15) is 82.1 Å². The minimum Gasteiger partial charge on any atom is -0.436 e. The van der Waals surface area contributed by atoms with Crippen molar-refractivity contribution in [2.45, 2.75) is 117 Å². The van der Waals surface area contributed by atoms with Gasteiger partial charge in [-0.3, -0.25) is 9.59 Å². The molecule has 2 fully saturated rings. The summed E-state index contributed by atoms with van der Waals surface area (Å²) < 4.78 is 36.5. The first kappa shape index (κ1) is 45.2. The van der Waals surface area contributed by atoms with Crippen LogP contribution >= 0.6 is 0 Å². The van der Waals surface area contributed by atoms with E-state index in [1.807, 2.05) is 24.3 Å². The molecule has 58 heavy (non-hydrogen) atoms. The first-order chi connectivity index (χ1) is 27.5. The lowest BCUT2D eigenvalue weighted by molar-refractivity contribution is -0.175. The number of benzene rings is 4. The Labute approximate surface area is 348 Å². The molecule has 2 aliphatic rings. The molecule has 4 aromatic rings. The monoisotopic (exact) mass is 824 g/mol. The average molecular weight is 825 g/mol. The first-order valence-electron chi connectivity index (χ1n) is 20.6. The summed E-state index contributed by atoms with van der Waals surface area (Å²) in [4.78, 5) is 22.6. The van der Waals surface area contributed by atoms with Gasteiger partial charge in [-0.1, -0.05) is 177 Å².